The summed E-state index contributed by atoms with van der Waals surface area (Å²) >= 11 is 5.90. The summed E-state index contributed by atoms with van der Waals surface area (Å²) in [4.78, 5) is 18.8. The fraction of sp³-hybridized carbons (Fsp3) is 0.500. The Morgan fingerprint density at radius 3 is 2.77 bits per heavy atom. The Morgan fingerprint density at radius 1 is 1.35 bits per heavy atom. The molecule has 0 bridgehead atoms. The standard InChI is InChI=1S/C18H23ClN4O3/c1-25-11-8-20-18(24)14-6-9-23(10-7-14)12-16-21-17(22-26-16)13-2-4-15(19)5-3-13/h2-5,14H,6-12H2,1H3,(H,20,24). The number of carbonyl (C=O) groups excluding carboxylic acids is 1. The topological polar surface area (TPSA) is 80.5 Å². The van der Waals surface area contributed by atoms with Crippen molar-refractivity contribution in [1.29, 1.82) is 0 Å². The molecule has 1 N–H and O–H groups in total. The van der Waals surface area contributed by atoms with Gasteiger partial charge in [-0.05, 0) is 50.2 Å². The van der Waals surface area contributed by atoms with E-state index in [-0.39, 0.29) is 11.8 Å². The zero-order chi connectivity index (χ0) is 18.4. The highest BCUT2D eigenvalue weighted by Gasteiger charge is 2.25. The Bertz CT molecular complexity index is 711. The first kappa shape index (κ1) is 18.8. The normalized spacial score (nSPS) is 15.9. The molecular formula is C18H23ClN4O3. The number of piperidine rings is 1. The molecule has 0 radical (unpaired) electrons. The van der Waals surface area contributed by atoms with E-state index in [9.17, 15) is 4.79 Å². The van der Waals surface area contributed by atoms with Gasteiger partial charge in [0.2, 0.25) is 17.6 Å². The van der Waals surface area contributed by atoms with E-state index in [1.165, 1.54) is 0 Å². The summed E-state index contributed by atoms with van der Waals surface area (Å²) in [5.74, 6) is 1.32. The molecule has 0 unspecified atom stereocenters. The monoisotopic (exact) mass is 378 g/mol. The molecule has 7 nitrogen and oxygen atoms in total. The van der Waals surface area contributed by atoms with Crippen molar-refractivity contribution in [2.75, 3.05) is 33.4 Å². The van der Waals surface area contributed by atoms with Gasteiger partial charge in [0.15, 0.2) is 0 Å². The van der Waals surface area contributed by atoms with Crippen LogP contribution in [0.5, 0.6) is 0 Å². The van der Waals surface area contributed by atoms with Gasteiger partial charge in [0.25, 0.3) is 0 Å². The van der Waals surface area contributed by atoms with Crippen molar-refractivity contribution in [3.63, 3.8) is 0 Å². The number of nitrogens with one attached hydrogen (secondary N) is 1. The second-order valence-corrected chi connectivity index (χ2v) is 6.79. The molecule has 1 aromatic carbocycles. The van der Waals surface area contributed by atoms with Crippen molar-refractivity contribution in [2.24, 2.45) is 5.92 Å². The smallest absolute Gasteiger partial charge is 0.241 e. The second kappa shape index (κ2) is 9.12. The van der Waals surface area contributed by atoms with Gasteiger partial charge in [-0.2, -0.15) is 4.98 Å². The number of hydrogen-bond acceptors (Lipinski definition) is 6. The van der Waals surface area contributed by atoms with E-state index in [1.54, 1.807) is 19.2 Å². The molecule has 1 amide bonds. The van der Waals surface area contributed by atoms with Crippen molar-refractivity contribution in [1.82, 2.24) is 20.4 Å². The molecule has 1 saturated heterocycles. The third-order valence-electron chi connectivity index (χ3n) is 4.49. The maximum absolute atomic E-state index is 12.1. The molecule has 26 heavy (non-hydrogen) atoms. The van der Waals surface area contributed by atoms with Crippen LogP contribution in [0.4, 0.5) is 0 Å². The van der Waals surface area contributed by atoms with Gasteiger partial charge in [-0.3, -0.25) is 9.69 Å². The molecule has 1 aliphatic heterocycles. The van der Waals surface area contributed by atoms with E-state index >= 15 is 0 Å². The van der Waals surface area contributed by atoms with Crippen molar-refractivity contribution in [3.05, 3.63) is 35.2 Å². The van der Waals surface area contributed by atoms with Gasteiger partial charge in [0, 0.05) is 30.2 Å². The molecule has 2 aromatic rings. The van der Waals surface area contributed by atoms with Crippen LogP contribution >= 0.6 is 11.6 Å². The van der Waals surface area contributed by atoms with Gasteiger partial charge < -0.3 is 14.6 Å². The molecule has 3 rings (SSSR count). The number of amides is 1. The van der Waals surface area contributed by atoms with Crippen LogP contribution in [0.15, 0.2) is 28.8 Å². The summed E-state index contributed by atoms with van der Waals surface area (Å²) in [6, 6.07) is 7.33. The Hall–Kier alpha value is -1.96. The molecule has 1 aliphatic rings. The summed E-state index contributed by atoms with van der Waals surface area (Å²) in [6.07, 6.45) is 1.66. The minimum absolute atomic E-state index is 0.0652. The molecule has 0 atom stereocenters. The quantitative estimate of drug-likeness (QED) is 0.745. The van der Waals surface area contributed by atoms with Crippen molar-refractivity contribution >= 4 is 17.5 Å². The predicted octanol–water partition coefficient (Wildman–Crippen LogP) is 2.36. The van der Waals surface area contributed by atoms with Crippen molar-refractivity contribution in [3.8, 4) is 11.4 Å². The van der Waals surface area contributed by atoms with E-state index in [0.717, 1.165) is 31.5 Å². The first-order valence-electron chi connectivity index (χ1n) is 8.73. The molecule has 1 fully saturated rings. The minimum atomic E-state index is 0.0652. The van der Waals surface area contributed by atoms with Crippen LogP contribution in [0.3, 0.4) is 0 Å². The molecule has 0 saturated carbocycles. The first-order chi connectivity index (χ1) is 12.7. The number of methoxy groups -OCH3 is 1. The summed E-state index contributed by atoms with van der Waals surface area (Å²) in [5, 5.41) is 7.62. The third-order valence-corrected chi connectivity index (χ3v) is 4.75. The first-order valence-corrected chi connectivity index (χ1v) is 9.11. The number of hydrogen-bond donors (Lipinski definition) is 1. The summed E-state index contributed by atoms with van der Waals surface area (Å²) in [6.45, 7) is 3.36. The highest BCUT2D eigenvalue weighted by Crippen LogP contribution is 2.21. The fourth-order valence-corrected chi connectivity index (χ4v) is 3.13. The molecule has 140 valence electrons. The lowest BCUT2D eigenvalue weighted by Gasteiger charge is -2.30. The number of carbonyl (C=O) groups is 1. The van der Waals surface area contributed by atoms with Gasteiger partial charge in [0.1, 0.15) is 0 Å². The maximum Gasteiger partial charge on any atom is 0.241 e. The van der Waals surface area contributed by atoms with Crippen LogP contribution in [0.2, 0.25) is 5.02 Å². The number of halogens is 1. The zero-order valence-corrected chi connectivity index (χ0v) is 15.5. The van der Waals surface area contributed by atoms with E-state index in [1.807, 2.05) is 12.1 Å². The van der Waals surface area contributed by atoms with E-state index in [0.29, 0.717) is 36.4 Å². The number of nitrogens with zero attached hydrogens (tertiary/aromatic N) is 3. The van der Waals surface area contributed by atoms with Crippen LogP contribution in [0, 0.1) is 5.92 Å². The van der Waals surface area contributed by atoms with E-state index in [4.69, 9.17) is 20.9 Å². The Balaban J connectivity index is 1.47. The van der Waals surface area contributed by atoms with Crippen LogP contribution in [-0.4, -0.2) is 54.3 Å². The van der Waals surface area contributed by atoms with E-state index < -0.39 is 0 Å². The second-order valence-electron chi connectivity index (χ2n) is 6.35. The van der Waals surface area contributed by atoms with Gasteiger partial charge in [-0.25, -0.2) is 0 Å². The average molecular weight is 379 g/mol. The van der Waals surface area contributed by atoms with Crippen LogP contribution in [0.25, 0.3) is 11.4 Å². The largest absolute Gasteiger partial charge is 0.383 e. The Morgan fingerprint density at radius 2 is 2.08 bits per heavy atom. The Labute approximate surface area is 157 Å². The molecule has 8 heteroatoms. The molecule has 1 aromatic heterocycles. The van der Waals surface area contributed by atoms with Gasteiger partial charge in [0.05, 0.1) is 13.2 Å². The highest BCUT2D eigenvalue weighted by atomic mass is 35.5. The predicted molar refractivity (Wildman–Crippen MR) is 97.6 cm³/mol. The lowest BCUT2D eigenvalue weighted by molar-refractivity contribution is -0.126. The molecule has 2 heterocycles. The minimum Gasteiger partial charge on any atom is -0.383 e. The molecule has 0 spiro atoms. The van der Waals surface area contributed by atoms with Crippen molar-refractivity contribution < 1.29 is 14.1 Å². The van der Waals surface area contributed by atoms with Crippen LogP contribution in [-0.2, 0) is 16.1 Å². The summed E-state index contributed by atoms with van der Waals surface area (Å²) < 4.78 is 10.3. The fourth-order valence-electron chi connectivity index (χ4n) is 3.00. The molecule has 0 aliphatic carbocycles. The SMILES string of the molecule is COCCNC(=O)C1CCN(Cc2nc(-c3ccc(Cl)cc3)no2)CC1. The Kier molecular flexibility index (Phi) is 6.60. The molecular weight excluding hydrogens is 356 g/mol. The van der Waals surface area contributed by atoms with E-state index in [2.05, 4.69) is 20.4 Å². The number of benzene rings is 1. The van der Waals surface area contributed by atoms with Gasteiger partial charge in [-0.1, -0.05) is 16.8 Å². The third kappa shape index (κ3) is 5.03. The lowest BCUT2D eigenvalue weighted by Crippen LogP contribution is -2.41. The highest BCUT2D eigenvalue weighted by molar-refractivity contribution is 6.30. The average Bonchev–Trinajstić information content (AvgIpc) is 3.11. The number of rotatable bonds is 7. The van der Waals surface area contributed by atoms with Crippen molar-refractivity contribution in [2.45, 2.75) is 19.4 Å². The number of aromatic nitrogens is 2. The summed E-state index contributed by atoms with van der Waals surface area (Å²) in [5.41, 5.74) is 0.871. The zero-order valence-electron chi connectivity index (χ0n) is 14.8. The van der Waals surface area contributed by atoms with Crippen LogP contribution < -0.4 is 5.32 Å². The number of likely N-dealkylation sites (tertiary alicyclic amines) is 1. The van der Waals surface area contributed by atoms with Gasteiger partial charge in [-0.15, -0.1) is 0 Å². The van der Waals surface area contributed by atoms with Crippen LogP contribution in [0.1, 0.15) is 18.7 Å². The van der Waals surface area contributed by atoms with Gasteiger partial charge >= 0.3 is 0 Å². The maximum atomic E-state index is 12.1. The lowest BCUT2D eigenvalue weighted by atomic mass is 9.96. The summed E-state index contributed by atoms with van der Waals surface area (Å²) in [7, 11) is 1.63. The number of ether oxygens (including phenoxy) is 1.